The molecule has 19 heavy (non-hydrogen) atoms. The molecule has 104 valence electrons. The lowest BCUT2D eigenvalue weighted by Crippen LogP contribution is -2.44. The topological polar surface area (TPSA) is 45.2 Å². The smallest absolute Gasteiger partial charge is 0.225 e. The molecule has 1 unspecified atom stereocenters. The summed E-state index contributed by atoms with van der Waals surface area (Å²) in [6.07, 6.45) is 2.66. The number of rotatable bonds is 2. The van der Waals surface area contributed by atoms with Gasteiger partial charge >= 0.3 is 0 Å². The number of nitrogens with zero attached hydrogens (tertiary/aromatic N) is 2. The summed E-state index contributed by atoms with van der Waals surface area (Å²) in [6.45, 7) is 7.63. The van der Waals surface area contributed by atoms with E-state index in [0.29, 0.717) is 0 Å². The Hall–Kier alpha value is -1.10. The van der Waals surface area contributed by atoms with Gasteiger partial charge < -0.3 is 10.2 Å². The molecule has 5 heteroatoms. The van der Waals surface area contributed by atoms with Crippen molar-refractivity contribution in [1.29, 1.82) is 0 Å². The van der Waals surface area contributed by atoms with Gasteiger partial charge in [0, 0.05) is 24.8 Å². The summed E-state index contributed by atoms with van der Waals surface area (Å²) < 4.78 is 0.979. The highest BCUT2D eigenvalue weighted by molar-refractivity contribution is 9.10. The standard InChI is InChI=1S/C14H20BrN3O/c1-14(2,3)17-13(19)10-6-8-18(9-10)12-11(15)5-4-7-16-12/h4-5,7,10H,6,8-9H2,1-3H3,(H,17,19). The Balaban J connectivity index is 2.01. The number of hydrogen-bond donors (Lipinski definition) is 1. The van der Waals surface area contributed by atoms with Crippen molar-refractivity contribution in [3.8, 4) is 0 Å². The highest BCUT2D eigenvalue weighted by atomic mass is 79.9. The van der Waals surface area contributed by atoms with E-state index in [2.05, 4.69) is 31.1 Å². The van der Waals surface area contributed by atoms with Crippen molar-refractivity contribution in [2.75, 3.05) is 18.0 Å². The first kappa shape index (κ1) is 14.3. The van der Waals surface area contributed by atoms with Crippen LogP contribution < -0.4 is 10.2 Å². The normalized spacial score (nSPS) is 19.6. The fourth-order valence-electron chi connectivity index (χ4n) is 2.25. The van der Waals surface area contributed by atoms with Crippen molar-refractivity contribution < 1.29 is 4.79 Å². The van der Waals surface area contributed by atoms with Gasteiger partial charge in [0.1, 0.15) is 5.82 Å². The van der Waals surface area contributed by atoms with Gasteiger partial charge in [-0.25, -0.2) is 4.98 Å². The van der Waals surface area contributed by atoms with E-state index >= 15 is 0 Å². The molecule has 1 aliphatic heterocycles. The van der Waals surface area contributed by atoms with E-state index in [1.54, 1.807) is 6.20 Å². The van der Waals surface area contributed by atoms with Crippen LogP contribution in [0.3, 0.4) is 0 Å². The van der Waals surface area contributed by atoms with E-state index in [4.69, 9.17) is 0 Å². The molecule has 1 N–H and O–H groups in total. The summed E-state index contributed by atoms with van der Waals surface area (Å²) in [5.74, 6) is 1.11. The summed E-state index contributed by atoms with van der Waals surface area (Å²) in [5.41, 5.74) is -0.171. The number of halogens is 1. The molecule has 4 nitrogen and oxygen atoms in total. The van der Waals surface area contributed by atoms with Crippen LogP contribution in [0.1, 0.15) is 27.2 Å². The Morgan fingerprint density at radius 2 is 2.26 bits per heavy atom. The molecule has 0 aromatic carbocycles. The van der Waals surface area contributed by atoms with E-state index in [1.807, 2.05) is 32.9 Å². The van der Waals surface area contributed by atoms with Crippen LogP contribution in [-0.2, 0) is 4.79 Å². The number of amides is 1. The summed E-state index contributed by atoms with van der Waals surface area (Å²) in [4.78, 5) is 18.7. The molecule has 1 aliphatic rings. The van der Waals surface area contributed by atoms with Gasteiger partial charge in [0.25, 0.3) is 0 Å². The molecule has 1 fully saturated rings. The van der Waals surface area contributed by atoms with Gasteiger partial charge in [-0.15, -0.1) is 0 Å². The first-order valence-corrected chi connectivity index (χ1v) is 7.33. The zero-order valence-electron chi connectivity index (χ0n) is 11.6. The maximum Gasteiger partial charge on any atom is 0.225 e. The lowest BCUT2D eigenvalue weighted by molar-refractivity contribution is -0.125. The Morgan fingerprint density at radius 1 is 1.53 bits per heavy atom. The zero-order chi connectivity index (χ0) is 14.0. The third-order valence-electron chi connectivity index (χ3n) is 3.10. The molecule has 1 atom stereocenters. The Bertz CT molecular complexity index is 470. The number of carbonyl (C=O) groups is 1. The van der Waals surface area contributed by atoms with Crippen molar-refractivity contribution in [3.63, 3.8) is 0 Å². The molecular weight excluding hydrogens is 306 g/mol. The molecule has 0 saturated carbocycles. The molecule has 1 amide bonds. The predicted molar refractivity (Wildman–Crippen MR) is 80.2 cm³/mol. The lowest BCUT2D eigenvalue weighted by atomic mass is 10.0. The van der Waals surface area contributed by atoms with Gasteiger partial charge in [-0.1, -0.05) is 0 Å². The molecule has 0 bridgehead atoms. The van der Waals surface area contributed by atoms with Crippen LogP contribution in [0.15, 0.2) is 22.8 Å². The fourth-order valence-corrected chi connectivity index (χ4v) is 2.75. The summed E-state index contributed by atoms with van der Waals surface area (Å²) >= 11 is 3.51. The van der Waals surface area contributed by atoms with Gasteiger partial charge in [-0.05, 0) is 55.3 Å². The van der Waals surface area contributed by atoms with Gasteiger partial charge in [-0.3, -0.25) is 4.79 Å². The number of carbonyl (C=O) groups excluding carboxylic acids is 1. The average Bonchev–Trinajstić information content (AvgIpc) is 2.76. The maximum atomic E-state index is 12.2. The molecule has 1 saturated heterocycles. The van der Waals surface area contributed by atoms with Crippen molar-refractivity contribution in [1.82, 2.24) is 10.3 Å². The molecule has 0 spiro atoms. The zero-order valence-corrected chi connectivity index (χ0v) is 13.2. The van der Waals surface area contributed by atoms with Crippen LogP contribution in [0.2, 0.25) is 0 Å². The minimum Gasteiger partial charge on any atom is -0.355 e. The average molecular weight is 326 g/mol. The van der Waals surface area contributed by atoms with Crippen LogP contribution in [0.5, 0.6) is 0 Å². The molecule has 2 heterocycles. The van der Waals surface area contributed by atoms with Crippen LogP contribution >= 0.6 is 15.9 Å². The van der Waals surface area contributed by atoms with E-state index in [0.717, 1.165) is 29.8 Å². The highest BCUT2D eigenvalue weighted by Gasteiger charge is 2.31. The minimum absolute atomic E-state index is 0.0492. The predicted octanol–water partition coefficient (Wildman–Crippen LogP) is 2.59. The van der Waals surface area contributed by atoms with E-state index in [9.17, 15) is 4.79 Å². The van der Waals surface area contributed by atoms with Gasteiger partial charge in [0.15, 0.2) is 0 Å². The van der Waals surface area contributed by atoms with E-state index in [1.165, 1.54) is 0 Å². The molecule has 0 aliphatic carbocycles. The first-order chi connectivity index (χ1) is 8.87. The van der Waals surface area contributed by atoms with Crippen LogP contribution in [-0.4, -0.2) is 29.5 Å². The number of hydrogen-bond acceptors (Lipinski definition) is 3. The third-order valence-corrected chi connectivity index (χ3v) is 3.71. The SMILES string of the molecule is CC(C)(C)NC(=O)C1CCN(c2ncccc2Br)C1. The van der Waals surface area contributed by atoms with Gasteiger partial charge in [0.05, 0.1) is 10.4 Å². The first-order valence-electron chi connectivity index (χ1n) is 6.54. The quantitative estimate of drug-likeness (QED) is 0.909. The van der Waals surface area contributed by atoms with E-state index in [-0.39, 0.29) is 17.4 Å². The van der Waals surface area contributed by atoms with Crippen LogP contribution in [0, 0.1) is 5.92 Å². The summed E-state index contributed by atoms with van der Waals surface area (Å²) in [7, 11) is 0. The largest absolute Gasteiger partial charge is 0.355 e. The molecule has 1 aromatic rings. The number of pyridine rings is 1. The van der Waals surface area contributed by atoms with Gasteiger partial charge in [0.2, 0.25) is 5.91 Å². The molecule has 0 radical (unpaired) electrons. The Kier molecular flexibility index (Phi) is 4.13. The van der Waals surface area contributed by atoms with Gasteiger partial charge in [-0.2, -0.15) is 0 Å². The fraction of sp³-hybridized carbons (Fsp3) is 0.571. The lowest BCUT2D eigenvalue weighted by Gasteiger charge is -2.23. The second-order valence-corrected chi connectivity index (χ2v) is 6.83. The second kappa shape index (κ2) is 5.49. The van der Waals surface area contributed by atoms with Crippen molar-refractivity contribution in [3.05, 3.63) is 22.8 Å². The second-order valence-electron chi connectivity index (χ2n) is 5.98. The van der Waals surface area contributed by atoms with Crippen LogP contribution in [0.25, 0.3) is 0 Å². The minimum atomic E-state index is -0.171. The number of anilines is 1. The van der Waals surface area contributed by atoms with Crippen LogP contribution in [0.4, 0.5) is 5.82 Å². The monoisotopic (exact) mass is 325 g/mol. The molecule has 1 aromatic heterocycles. The van der Waals surface area contributed by atoms with Crippen molar-refractivity contribution in [2.45, 2.75) is 32.7 Å². The third kappa shape index (κ3) is 3.69. The highest BCUT2D eigenvalue weighted by Crippen LogP contribution is 2.28. The molecule has 2 rings (SSSR count). The van der Waals surface area contributed by atoms with E-state index < -0.39 is 0 Å². The Labute approximate surface area is 122 Å². The summed E-state index contributed by atoms with van der Waals surface area (Å²) in [5, 5.41) is 3.05. The number of aromatic nitrogens is 1. The maximum absolute atomic E-state index is 12.2. The summed E-state index contributed by atoms with van der Waals surface area (Å²) in [6, 6.07) is 3.87. The number of nitrogens with one attached hydrogen (secondary N) is 1. The van der Waals surface area contributed by atoms with Crippen molar-refractivity contribution >= 4 is 27.7 Å². The molecular formula is C14H20BrN3O. The Morgan fingerprint density at radius 3 is 2.89 bits per heavy atom. The van der Waals surface area contributed by atoms with Crippen molar-refractivity contribution in [2.24, 2.45) is 5.92 Å².